The first-order valence-corrected chi connectivity index (χ1v) is 6.37. The van der Waals surface area contributed by atoms with Crippen LogP contribution in [0.5, 0.6) is 0 Å². The van der Waals surface area contributed by atoms with E-state index in [1.54, 1.807) is 12.1 Å². The van der Waals surface area contributed by atoms with Crippen molar-refractivity contribution < 1.29 is 8.78 Å². The summed E-state index contributed by atoms with van der Waals surface area (Å²) in [5.41, 5.74) is 0.875. The number of nitrogens with one attached hydrogen (secondary N) is 2. The SMILES string of the molecule is FC(F)(c1c[nH]c2ccccc12)C1CCCCN1. The molecule has 96 valence electrons. The second-order valence-electron chi connectivity index (χ2n) is 4.87. The van der Waals surface area contributed by atoms with Gasteiger partial charge >= 0.3 is 0 Å². The summed E-state index contributed by atoms with van der Waals surface area (Å²) in [4.78, 5) is 2.93. The van der Waals surface area contributed by atoms with Crippen LogP contribution >= 0.6 is 0 Å². The summed E-state index contributed by atoms with van der Waals surface area (Å²) in [6.45, 7) is 0.683. The molecule has 1 saturated heterocycles. The summed E-state index contributed by atoms with van der Waals surface area (Å²) >= 11 is 0. The van der Waals surface area contributed by atoms with E-state index in [1.807, 2.05) is 12.1 Å². The van der Waals surface area contributed by atoms with Gasteiger partial charge in [0.15, 0.2) is 0 Å². The molecule has 18 heavy (non-hydrogen) atoms. The molecular weight excluding hydrogens is 234 g/mol. The Balaban J connectivity index is 2.01. The molecule has 0 radical (unpaired) electrons. The molecule has 2 aromatic rings. The third kappa shape index (κ3) is 1.81. The number of fused-ring (bicyclic) bond motifs is 1. The van der Waals surface area contributed by atoms with Crippen molar-refractivity contribution in [1.29, 1.82) is 0 Å². The van der Waals surface area contributed by atoms with E-state index in [0.29, 0.717) is 18.4 Å². The Kier molecular flexibility index (Phi) is 2.82. The summed E-state index contributed by atoms with van der Waals surface area (Å²) in [6.07, 6.45) is 3.84. The van der Waals surface area contributed by atoms with Gasteiger partial charge in [0.05, 0.1) is 6.04 Å². The topological polar surface area (TPSA) is 27.8 Å². The van der Waals surface area contributed by atoms with Crippen LogP contribution in [0.2, 0.25) is 0 Å². The van der Waals surface area contributed by atoms with E-state index >= 15 is 0 Å². The molecule has 2 N–H and O–H groups in total. The minimum Gasteiger partial charge on any atom is -0.361 e. The first kappa shape index (κ1) is 11.7. The Bertz CT molecular complexity index is 541. The lowest BCUT2D eigenvalue weighted by Gasteiger charge is -2.30. The van der Waals surface area contributed by atoms with Crippen LogP contribution in [0.1, 0.15) is 24.8 Å². The Morgan fingerprint density at radius 2 is 2.00 bits per heavy atom. The van der Waals surface area contributed by atoms with Gasteiger partial charge in [-0.1, -0.05) is 24.6 Å². The zero-order valence-electron chi connectivity index (χ0n) is 10.0. The number of alkyl halides is 2. The second kappa shape index (κ2) is 4.35. The average Bonchev–Trinajstić information content (AvgIpc) is 2.84. The van der Waals surface area contributed by atoms with Crippen LogP contribution in [0.25, 0.3) is 10.9 Å². The van der Waals surface area contributed by atoms with Crippen LogP contribution in [0.15, 0.2) is 30.5 Å². The summed E-state index contributed by atoms with van der Waals surface area (Å²) < 4.78 is 29.0. The summed E-state index contributed by atoms with van der Waals surface area (Å²) in [6, 6.07) is 6.47. The van der Waals surface area contributed by atoms with Gasteiger partial charge in [-0.2, -0.15) is 8.78 Å². The Morgan fingerprint density at radius 1 is 1.17 bits per heavy atom. The summed E-state index contributed by atoms with van der Waals surface area (Å²) in [5.74, 6) is -2.82. The number of aromatic amines is 1. The molecule has 1 aromatic heterocycles. The number of H-pyrrole nitrogens is 1. The van der Waals surface area contributed by atoms with Crippen LogP contribution in [-0.4, -0.2) is 17.6 Å². The van der Waals surface area contributed by atoms with Gasteiger partial charge in [-0.05, 0) is 25.5 Å². The number of halogens is 2. The molecule has 0 saturated carbocycles. The number of rotatable bonds is 2. The van der Waals surface area contributed by atoms with Crippen molar-refractivity contribution in [3.8, 4) is 0 Å². The number of aromatic nitrogens is 1. The number of hydrogen-bond donors (Lipinski definition) is 2. The molecule has 0 aliphatic carbocycles. The maximum absolute atomic E-state index is 14.5. The number of benzene rings is 1. The largest absolute Gasteiger partial charge is 0.361 e. The maximum Gasteiger partial charge on any atom is 0.290 e. The Labute approximate surface area is 104 Å². The smallest absolute Gasteiger partial charge is 0.290 e. The normalized spacial score (nSPS) is 21.3. The van der Waals surface area contributed by atoms with Crippen molar-refractivity contribution in [2.24, 2.45) is 0 Å². The molecular formula is C14H16F2N2. The van der Waals surface area contributed by atoms with Crippen LogP contribution < -0.4 is 5.32 Å². The molecule has 1 aliphatic heterocycles. The van der Waals surface area contributed by atoms with Crippen LogP contribution in [-0.2, 0) is 5.92 Å². The van der Waals surface area contributed by atoms with E-state index in [1.165, 1.54) is 6.20 Å². The summed E-state index contributed by atoms with van der Waals surface area (Å²) in [7, 11) is 0. The molecule has 1 atom stereocenters. The zero-order valence-corrected chi connectivity index (χ0v) is 10.0. The highest BCUT2D eigenvalue weighted by Gasteiger charge is 2.43. The van der Waals surface area contributed by atoms with E-state index in [-0.39, 0.29) is 5.56 Å². The average molecular weight is 250 g/mol. The van der Waals surface area contributed by atoms with E-state index < -0.39 is 12.0 Å². The molecule has 4 heteroatoms. The van der Waals surface area contributed by atoms with E-state index in [2.05, 4.69) is 10.3 Å². The molecule has 3 rings (SSSR count). The van der Waals surface area contributed by atoms with Crippen LogP contribution in [0, 0.1) is 0 Å². The van der Waals surface area contributed by atoms with Gasteiger partial charge < -0.3 is 10.3 Å². The van der Waals surface area contributed by atoms with Crippen molar-refractivity contribution in [2.45, 2.75) is 31.2 Å². The van der Waals surface area contributed by atoms with Crippen LogP contribution in [0.3, 0.4) is 0 Å². The molecule has 0 bridgehead atoms. The monoisotopic (exact) mass is 250 g/mol. The van der Waals surface area contributed by atoms with Crippen LogP contribution in [0.4, 0.5) is 8.78 Å². The highest BCUT2D eigenvalue weighted by atomic mass is 19.3. The maximum atomic E-state index is 14.5. The summed E-state index contributed by atoms with van der Waals surface area (Å²) in [5, 5.41) is 3.57. The number of hydrogen-bond acceptors (Lipinski definition) is 1. The Hall–Kier alpha value is -1.42. The molecule has 1 aliphatic rings. The van der Waals surface area contributed by atoms with Gasteiger partial charge in [0.2, 0.25) is 0 Å². The molecule has 0 spiro atoms. The zero-order chi connectivity index (χ0) is 12.6. The van der Waals surface area contributed by atoms with Gasteiger partial charge in [0, 0.05) is 22.7 Å². The van der Waals surface area contributed by atoms with Crippen molar-refractivity contribution in [1.82, 2.24) is 10.3 Å². The van der Waals surface area contributed by atoms with Crippen molar-refractivity contribution in [3.63, 3.8) is 0 Å². The lowest BCUT2D eigenvalue weighted by Crippen LogP contribution is -2.45. The fourth-order valence-electron chi connectivity index (χ4n) is 2.70. The van der Waals surface area contributed by atoms with E-state index in [9.17, 15) is 8.78 Å². The quantitative estimate of drug-likeness (QED) is 0.840. The van der Waals surface area contributed by atoms with Crippen molar-refractivity contribution in [3.05, 3.63) is 36.0 Å². The first-order valence-electron chi connectivity index (χ1n) is 6.37. The highest BCUT2D eigenvalue weighted by Crippen LogP contribution is 2.38. The van der Waals surface area contributed by atoms with Gasteiger partial charge in [0.1, 0.15) is 0 Å². The number of para-hydroxylation sites is 1. The predicted octanol–water partition coefficient (Wildman–Crippen LogP) is 3.40. The van der Waals surface area contributed by atoms with Crippen molar-refractivity contribution >= 4 is 10.9 Å². The highest BCUT2D eigenvalue weighted by molar-refractivity contribution is 5.83. The lowest BCUT2D eigenvalue weighted by atomic mass is 9.93. The molecule has 1 unspecified atom stereocenters. The van der Waals surface area contributed by atoms with Gasteiger partial charge in [0.25, 0.3) is 5.92 Å². The van der Waals surface area contributed by atoms with Gasteiger partial charge in [-0.25, -0.2) is 0 Å². The Morgan fingerprint density at radius 3 is 2.78 bits per heavy atom. The minimum atomic E-state index is -2.82. The molecule has 2 nitrogen and oxygen atoms in total. The van der Waals surface area contributed by atoms with E-state index in [4.69, 9.17) is 0 Å². The molecule has 1 aromatic carbocycles. The van der Waals surface area contributed by atoms with E-state index in [0.717, 1.165) is 18.4 Å². The fraction of sp³-hybridized carbons (Fsp3) is 0.429. The van der Waals surface area contributed by atoms with Crippen molar-refractivity contribution in [2.75, 3.05) is 6.54 Å². The second-order valence-corrected chi connectivity index (χ2v) is 4.87. The number of piperidine rings is 1. The lowest BCUT2D eigenvalue weighted by molar-refractivity contribution is -0.0498. The third-order valence-corrected chi connectivity index (χ3v) is 3.70. The first-order chi connectivity index (χ1) is 8.69. The minimum absolute atomic E-state index is 0.109. The van der Waals surface area contributed by atoms with Gasteiger partial charge in [-0.3, -0.25) is 0 Å². The standard InChI is InChI=1S/C14H16F2N2/c15-14(16,13-7-3-4-8-17-13)11-9-18-12-6-2-1-5-10(11)12/h1-2,5-6,9,13,17-18H,3-4,7-8H2. The predicted molar refractivity (Wildman–Crippen MR) is 67.8 cm³/mol. The van der Waals surface area contributed by atoms with Gasteiger partial charge in [-0.15, -0.1) is 0 Å². The fourth-order valence-corrected chi connectivity index (χ4v) is 2.70. The molecule has 1 fully saturated rings. The third-order valence-electron chi connectivity index (χ3n) is 3.70. The molecule has 2 heterocycles. The molecule has 0 amide bonds.